The van der Waals surface area contributed by atoms with Crippen LogP contribution in [0.2, 0.25) is 5.02 Å². The van der Waals surface area contributed by atoms with E-state index in [4.69, 9.17) is 23.2 Å². The highest BCUT2D eigenvalue weighted by Gasteiger charge is 2.38. The summed E-state index contributed by atoms with van der Waals surface area (Å²) in [6, 6.07) is 18.7. The predicted octanol–water partition coefficient (Wildman–Crippen LogP) is 4.81. The van der Waals surface area contributed by atoms with Crippen molar-refractivity contribution in [1.82, 2.24) is 0 Å². The van der Waals surface area contributed by atoms with Gasteiger partial charge in [-0.3, -0.25) is 14.4 Å². The van der Waals surface area contributed by atoms with E-state index in [1.807, 2.05) is 0 Å². The molecule has 0 fully saturated rings. The molecule has 0 aromatic heterocycles. The first-order valence-electron chi connectivity index (χ1n) is 10.2. The van der Waals surface area contributed by atoms with Crippen LogP contribution in [-0.2, 0) is 14.3 Å². The molecule has 10 heteroatoms. The second-order valence-electron chi connectivity index (χ2n) is 7.34. The number of amides is 3. The number of rotatable bonds is 6. The highest BCUT2D eigenvalue weighted by molar-refractivity contribution is 6.53. The van der Waals surface area contributed by atoms with Gasteiger partial charge >= 0.3 is 5.97 Å². The monoisotopic (exact) mass is 509 g/mol. The number of ether oxygens (including phenoxy) is 1. The zero-order valence-electron chi connectivity index (χ0n) is 18.2. The van der Waals surface area contributed by atoms with E-state index in [0.717, 1.165) is 4.90 Å². The van der Waals surface area contributed by atoms with Crippen LogP contribution in [0.25, 0.3) is 0 Å². The normalized spacial score (nSPS) is 13.2. The molecule has 0 saturated heterocycles. The molecule has 1 heterocycles. The van der Waals surface area contributed by atoms with Crippen LogP contribution in [0.3, 0.4) is 0 Å². The number of hydrogen-bond acceptors (Lipinski definition) is 6. The van der Waals surface area contributed by atoms with Gasteiger partial charge in [0.1, 0.15) is 10.7 Å². The minimum atomic E-state index is -0.657. The van der Waals surface area contributed by atoms with Gasteiger partial charge in [0.25, 0.3) is 17.7 Å². The highest BCUT2D eigenvalue weighted by atomic mass is 35.5. The molecule has 0 spiro atoms. The number of methoxy groups -OCH3 is 1. The summed E-state index contributed by atoms with van der Waals surface area (Å²) in [4.78, 5) is 50.4. The lowest BCUT2D eigenvalue weighted by atomic mass is 10.1. The second-order valence-corrected chi connectivity index (χ2v) is 8.15. The Hall–Kier alpha value is -4.14. The summed E-state index contributed by atoms with van der Waals surface area (Å²) in [5, 5.41) is 5.80. The summed E-state index contributed by atoms with van der Waals surface area (Å²) in [7, 11) is 1.29. The van der Waals surface area contributed by atoms with Crippen LogP contribution in [0.4, 0.5) is 17.1 Å². The SMILES string of the molecule is COC(=O)c1ccc(NC(=O)c2ccc(NC3=C(Cl)C(=O)N(c4ccc(Cl)cc4)C3=O)cc2)cc1. The Morgan fingerprint density at radius 1 is 0.771 bits per heavy atom. The summed E-state index contributed by atoms with van der Waals surface area (Å²) in [5.41, 5.74) is 1.93. The number of carbonyl (C=O) groups is 4. The largest absolute Gasteiger partial charge is 0.465 e. The molecule has 0 unspecified atom stereocenters. The first-order chi connectivity index (χ1) is 16.8. The minimum Gasteiger partial charge on any atom is -0.465 e. The molecule has 8 nitrogen and oxygen atoms in total. The summed E-state index contributed by atoms with van der Waals surface area (Å²) in [6.45, 7) is 0. The predicted molar refractivity (Wildman–Crippen MR) is 133 cm³/mol. The molecule has 0 radical (unpaired) electrons. The van der Waals surface area contributed by atoms with Crippen LogP contribution in [0.5, 0.6) is 0 Å². The third kappa shape index (κ3) is 5.03. The van der Waals surface area contributed by atoms with Gasteiger partial charge in [0.05, 0.1) is 18.4 Å². The molecule has 1 aliphatic rings. The van der Waals surface area contributed by atoms with Gasteiger partial charge in [0.2, 0.25) is 0 Å². The van der Waals surface area contributed by atoms with Crippen LogP contribution in [-0.4, -0.2) is 30.8 Å². The number of anilines is 3. The summed E-state index contributed by atoms with van der Waals surface area (Å²) in [6.07, 6.45) is 0. The average molecular weight is 510 g/mol. The number of benzene rings is 3. The molecule has 1 aliphatic heterocycles. The first-order valence-corrected chi connectivity index (χ1v) is 10.9. The van der Waals surface area contributed by atoms with Crippen molar-refractivity contribution in [3.05, 3.63) is 99.7 Å². The maximum atomic E-state index is 12.9. The van der Waals surface area contributed by atoms with Crippen LogP contribution in [0.1, 0.15) is 20.7 Å². The maximum absolute atomic E-state index is 12.9. The number of nitrogens with zero attached hydrogens (tertiary/aromatic N) is 1. The Kier molecular flexibility index (Phi) is 6.86. The van der Waals surface area contributed by atoms with Gasteiger partial charge < -0.3 is 15.4 Å². The molecule has 4 rings (SSSR count). The van der Waals surface area contributed by atoms with Crippen molar-refractivity contribution in [3.63, 3.8) is 0 Å². The molecule has 3 aromatic carbocycles. The Labute approximate surface area is 210 Å². The molecule has 176 valence electrons. The lowest BCUT2D eigenvalue weighted by Gasteiger charge is -2.15. The molecule has 3 amide bonds. The Bertz CT molecular complexity index is 1350. The first kappa shape index (κ1) is 24.0. The van der Waals surface area contributed by atoms with E-state index in [9.17, 15) is 19.2 Å². The number of imide groups is 1. The Balaban J connectivity index is 1.43. The standard InChI is InChI=1S/C25H17Cl2N3O5/c1-35-25(34)15-4-10-18(11-5-15)29-22(31)14-2-8-17(9-3-14)28-21-20(27)23(32)30(24(21)33)19-12-6-16(26)7-13-19/h2-13,28H,1H3,(H,29,31). The van der Waals surface area contributed by atoms with Crippen LogP contribution < -0.4 is 15.5 Å². The van der Waals surface area contributed by atoms with E-state index in [-0.39, 0.29) is 16.6 Å². The van der Waals surface area contributed by atoms with Crippen LogP contribution in [0, 0.1) is 0 Å². The number of nitrogens with one attached hydrogen (secondary N) is 2. The summed E-state index contributed by atoms with van der Waals surface area (Å²) in [5.74, 6) is -2.11. The minimum absolute atomic E-state index is 0.0745. The molecule has 0 bridgehead atoms. The number of esters is 1. The van der Waals surface area contributed by atoms with Crippen molar-refractivity contribution in [1.29, 1.82) is 0 Å². The summed E-state index contributed by atoms with van der Waals surface area (Å²) < 4.78 is 4.65. The fourth-order valence-corrected chi connectivity index (χ4v) is 3.63. The summed E-state index contributed by atoms with van der Waals surface area (Å²) >= 11 is 12.0. The number of hydrogen-bond donors (Lipinski definition) is 2. The van der Waals surface area contributed by atoms with E-state index >= 15 is 0 Å². The molecule has 35 heavy (non-hydrogen) atoms. The van der Waals surface area contributed by atoms with Gasteiger partial charge in [-0.1, -0.05) is 23.2 Å². The molecule has 3 aromatic rings. The van der Waals surface area contributed by atoms with Crippen LogP contribution in [0.15, 0.2) is 83.5 Å². The van der Waals surface area contributed by atoms with Gasteiger partial charge in [-0.05, 0) is 72.8 Å². The average Bonchev–Trinajstić information content (AvgIpc) is 3.08. The maximum Gasteiger partial charge on any atom is 0.337 e. The lowest BCUT2D eigenvalue weighted by Crippen LogP contribution is -2.32. The fourth-order valence-electron chi connectivity index (χ4n) is 3.30. The molecule has 0 saturated carbocycles. The highest BCUT2D eigenvalue weighted by Crippen LogP contribution is 2.30. The van der Waals surface area contributed by atoms with Gasteiger partial charge in [-0.2, -0.15) is 0 Å². The van der Waals surface area contributed by atoms with Crippen LogP contribution >= 0.6 is 23.2 Å². The zero-order valence-corrected chi connectivity index (χ0v) is 19.7. The second kappa shape index (κ2) is 10.0. The van der Waals surface area contributed by atoms with E-state index in [1.54, 1.807) is 72.8 Å². The fraction of sp³-hybridized carbons (Fsp3) is 0.0400. The molecular formula is C25H17Cl2N3O5. The zero-order chi connectivity index (χ0) is 25.1. The van der Waals surface area contributed by atoms with Crippen molar-refractivity contribution >= 4 is 64.0 Å². The van der Waals surface area contributed by atoms with Gasteiger partial charge in [-0.25, -0.2) is 9.69 Å². The molecular weight excluding hydrogens is 493 g/mol. The third-order valence-corrected chi connectivity index (χ3v) is 5.70. The Morgan fingerprint density at radius 2 is 1.34 bits per heavy atom. The van der Waals surface area contributed by atoms with E-state index in [0.29, 0.717) is 33.2 Å². The quantitative estimate of drug-likeness (QED) is 0.364. The van der Waals surface area contributed by atoms with Gasteiger partial charge in [-0.15, -0.1) is 0 Å². The molecule has 0 aliphatic carbocycles. The van der Waals surface area contributed by atoms with Crippen molar-refractivity contribution in [3.8, 4) is 0 Å². The van der Waals surface area contributed by atoms with Gasteiger partial charge in [0, 0.05) is 22.0 Å². The number of carbonyl (C=O) groups excluding carboxylic acids is 4. The lowest BCUT2D eigenvalue weighted by molar-refractivity contribution is -0.120. The topological polar surface area (TPSA) is 105 Å². The van der Waals surface area contributed by atoms with Crippen molar-refractivity contribution in [2.45, 2.75) is 0 Å². The number of halogens is 2. The third-order valence-electron chi connectivity index (χ3n) is 5.09. The van der Waals surface area contributed by atoms with Gasteiger partial charge in [0.15, 0.2) is 0 Å². The molecule has 2 N–H and O–H groups in total. The van der Waals surface area contributed by atoms with Crippen molar-refractivity contribution < 1.29 is 23.9 Å². The Morgan fingerprint density at radius 3 is 1.94 bits per heavy atom. The smallest absolute Gasteiger partial charge is 0.337 e. The van der Waals surface area contributed by atoms with E-state index in [2.05, 4.69) is 15.4 Å². The van der Waals surface area contributed by atoms with Crippen molar-refractivity contribution in [2.24, 2.45) is 0 Å². The van der Waals surface area contributed by atoms with E-state index < -0.39 is 17.8 Å². The van der Waals surface area contributed by atoms with E-state index in [1.165, 1.54) is 7.11 Å². The molecule has 0 atom stereocenters. The van der Waals surface area contributed by atoms with Crippen molar-refractivity contribution in [2.75, 3.05) is 22.6 Å².